The molecule has 1 fully saturated rings. The molecule has 7 nitrogen and oxygen atoms in total. The molecule has 2 aromatic carbocycles. The zero-order chi connectivity index (χ0) is 20.3. The highest BCUT2D eigenvalue weighted by atomic mass is 16.6. The predicted octanol–water partition coefficient (Wildman–Crippen LogP) is 2.78. The molecule has 1 aliphatic heterocycles. The van der Waals surface area contributed by atoms with E-state index in [1.807, 2.05) is 48.5 Å². The molecule has 0 saturated carbocycles. The largest absolute Gasteiger partial charge is 0.444 e. The lowest BCUT2D eigenvalue weighted by molar-refractivity contribution is -0.140. The van der Waals surface area contributed by atoms with Crippen molar-refractivity contribution in [3.05, 3.63) is 71.8 Å². The van der Waals surface area contributed by atoms with Gasteiger partial charge in [-0.25, -0.2) is 9.59 Å². The number of carbonyl (C=O) groups is 2. The summed E-state index contributed by atoms with van der Waals surface area (Å²) in [4.78, 5) is 25.4. The fourth-order valence-electron chi connectivity index (χ4n) is 2.84. The average molecular weight is 399 g/mol. The third-order valence-electron chi connectivity index (χ3n) is 4.46. The van der Waals surface area contributed by atoms with Gasteiger partial charge in [0.15, 0.2) is 12.8 Å². The zero-order valence-corrected chi connectivity index (χ0v) is 16.2. The number of esters is 1. The van der Waals surface area contributed by atoms with Crippen molar-refractivity contribution in [2.45, 2.75) is 19.1 Å². The molecule has 1 saturated heterocycles. The standard InChI is InChI=1S/C22H25NO6/c24-21-20(16-27-14-13-26-12-11-18-7-3-1-4-8-18)23(17-29-21)22(25)28-15-19-9-5-2-6-10-19/h1-10,20H,11-17H2. The molecule has 1 unspecified atom stereocenters. The number of nitrogens with zero attached hydrogens (tertiary/aromatic N) is 1. The van der Waals surface area contributed by atoms with Crippen LogP contribution in [0.3, 0.4) is 0 Å². The first-order valence-corrected chi connectivity index (χ1v) is 9.57. The summed E-state index contributed by atoms with van der Waals surface area (Å²) in [6, 6.07) is 18.6. The first kappa shape index (κ1) is 20.8. The van der Waals surface area contributed by atoms with Gasteiger partial charge in [-0.3, -0.25) is 4.90 Å². The first-order valence-electron chi connectivity index (χ1n) is 9.57. The Balaban J connectivity index is 1.33. The van der Waals surface area contributed by atoms with E-state index in [2.05, 4.69) is 12.1 Å². The second-order valence-corrected chi connectivity index (χ2v) is 6.54. The van der Waals surface area contributed by atoms with Gasteiger partial charge in [0.1, 0.15) is 6.61 Å². The van der Waals surface area contributed by atoms with Gasteiger partial charge in [-0.1, -0.05) is 60.7 Å². The van der Waals surface area contributed by atoms with E-state index < -0.39 is 18.1 Å². The molecule has 0 aliphatic carbocycles. The smallest absolute Gasteiger partial charge is 0.413 e. The fraction of sp³-hybridized carbons (Fsp3) is 0.364. The number of hydrogen-bond donors (Lipinski definition) is 0. The van der Waals surface area contributed by atoms with Crippen LogP contribution in [0.25, 0.3) is 0 Å². The Labute approximate surface area is 170 Å². The Morgan fingerprint density at radius 2 is 1.59 bits per heavy atom. The molecule has 29 heavy (non-hydrogen) atoms. The van der Waals surface area contributed by atoms with Crippen molar-refractivity contribution >= 4 is 12.1 Å². The number of benzene rings is 2. The van der Waals surface area contributed by atoms with Crippen molar-refractivity contribution in [2.24, 2.45) is 0 Å². The highest BCUT2D eigenvalue weighted by Gasteiger charge is 2.39. The third-order valence-corrected chi connectivity index (χ3v) is 4.46. The van der Waals surface area contributed by atoms with Gasteiger partial charge >= 0.3 is 12.1 Å². The number of ether oxygens (including phenoxy) is 4. The second kappa shape index (κ2) is 11.2. The van der Waals surface area contributed by atoms with Gasteiger partial charge in [-0.15, -0.1) is 0 Å². The molecular formula is C22H25NO6. The monoisotopic (exact) mass is 399 g/mol. The van der Waals surface area contributed by atoms with Gasteiger partial charge in [0.05, 0.1) is 26.4 Å². The van der Waals surface area contributed by atoms with Gasteiger partial charge in [-0.2, -0.15) is 0 Å². The molecule has 0 aromatic heterocycles. The second-order valence-electron chi connectivity index (χ2n) is 6.54. The van der Waals surface area contributed by atoms with E-state index in [1.54, 1.807) is 0 Å². The van der Waals surface area contributed by atoms with Crippen LogP contribution < -0.4 is 0 Å². The minimum absolute atomic E-state index is 0.0430. The summed E-state index contributed by atoms with van der Waals surface area (Å²) in [5.41, 5.74) is 2.08. The van der Waals surface area contributed by atoms with Gasteiger partial charge in [-0.05, 0) is 17.5 Å². The summed E-state index contributed by atoms with van der Waals surface area (Å²) < 4.78 is 21.3. The van der Waals surface area contributed by atoms with Crippen LogP contribution in [-0.2, 0) is 36.8 Å². The average Bonchev–Trinajstić information content (AvgIpc) is 3.13. The summed E-state index contributed by atoms with van der Waals surface area (Å²) in [6.45, 7) is 1.37. The van der Waals surface area contributed by atoms with E-state index in [9.17, 15) is 9.59 Å². The van der Waals surface area contributed by atoms with E-state index in [1.165, 1.54) is 10.5 Å². The van der Waals surface area contributed by atoms with Crippen LogP contribution in [0, 0.1) is 0 Å². The minimum Gasteiger partial charge on any atom is -0.444 e. The first-order chi connectivity index (χ1) is 14.2. The third kappa shape index (κ3) is 6.58. The van der Waals surface area contributed by atoms with Crippen molar-refractivity contribution in [1.82, 2.24) is 4.90 Å². The summed E-state index contributed by atoms with van der Waals surface area (Å²) in [7, 11) is 0. The lowest BCUT2D eigenvalue weighted by Gasteiger charge is -2.19. The molecule has 0 bridgehead atoms. The van der Waals surface area contributed by atoms with Crippen molar-refractivity contribution in [3.63, 3.8) is 0 Å². The van der Waals surface area contributed by atoms with Gasteiger partial charge in [0, 0.05) is 0 Å². The highest BCUT2D eigenvalue weighted by Crippen LogP contribution is 2.14. The van der Waals surface area contributed by atoms with Crippen LogP contribution in [0.15, 0.2) is 60.7 Å². The van der Waals surface area contributed by atoms with Crippen LogP contribution in [0.4, 0.5) is 4.79 Å². The highest BCUT2D eigenvalue weighted by molar-refractivity contribution is 5.83. The Kier molecular flexibility index (Phi) is 8.03. The summed E-state index contributed by atoms with van der Waals surface area (Å²) in [5.74, 6) is -0.494. The van der Waals surface area contributed by atoms with Gasteiger partial charge in [0.2, 0.25) is 0 Å². The summed E-state index contributed by atoms with van der Waals surface area (Å²) in [6.07, 6.45) is 0.226. The number of cyclic esters (lactones) is 1. The van der Waals surface area contributed by atoms with Crippen molar-refractivity contribution < 1.29 is 28.5 Å². The van der Waals surface area contributed by atoms with Crippen LogP contribution in [0.1, 0.15) is 11.1 Å². The number of amides is 1. The summed E-state index contributed by atoms with van der Waals surface area (Å²) >= 11 is 0. The van der Waals surface area contributed by atoms with E-state index in [0.717, 1.165) is 12.0 Å². The molecule has 1 atom stereocenters. The SMILES string of the molecule is O=C1OCN(C(=O)OCc2ccccc2)C1COCCOCCc1ccccc1. The molecular weight excluding hydrogens is 374 g/mol. The molecule has 0 radical (unpaired) electrons. The van der Waals surface area contributed by atoms with Crippen LogP contribution in [0.2, 0.25) is 0 Å². The molecule has 1 aliphatic rings. The van der Waals surface area contributed by atoms with E-state index in [-0.39, 0.29) is 19.9 Å². The Morgan fingerprint density at radius 3 is 2.31 bits per heavy atom. The number of rotatable bonds is 10. The number of hydrogen-bond acceptors (Lipinski definition) is 6. The van der Waals surface area contributed by atoms with E-state index >= 15 is 0 Å². The van der Waals surface area contributed by atoms with Crippen LogP contribution in [0.5, 0.6) is 0 Å². The molecule has 2 aromatic rings. The predicted molar refractivity (Wildman–Crippen MR) is 105 cm³/mol. The Hall–Kier alpha value is -2.90. The molecule has 0 spiro atoms. The fourth-order valence-corrected chi connectivity index (χ4v) is 2.84. The Bertz CT molecular complexity index is 767. The topological polar surface area (TPSA) is 74.3 Å². The quantitative estimate of drug-likeness (QED) is 0.452. The number of carbonyl (C=O) groups excluding carboxylic acids is 2. The minimum atomic E-state index is -0.803. The summed E-state index contributed by atoms with van der Waals surface area (Å²) in [5, 5.41) is 0. The lowest BCUT2D eigenvalue weighted by Crippen LogP contribution is -2.41. The van der Waals surface area contributed by atoms with Crippen LogP contribution in [-0.4, -0.2) is 56.2 Å². The molecule has 1 amide bonds. The maximum Gasteiger partial charge on any atom is 0.413 e. The maximum absolute atomic E-state index is 12.3. The molecule has 3 rings (SSSR count). The van der Waals surface area contributed by atoms with E-state index in [4.69, 9.17) is 18.9 Å². The van der Waals surface area contributed by atoms with Crippen molar-refractivity contribution in [3.8, 4) is 0 Å². The zero-order valence-electron chi connectivity index (χ0n) is 16.2. The molecule has 0 N–H and O–H groups in total. The van der Waals surface area contributed by atoms with Crippen molar-refractivity contribution in [2.75, 3.05) is 33.2 Å². The van der Waals surface area contributed by atoms with E-state index in [0.29, 0.717) is 19.8 Å². The lowest BCUT2D eigenvalue weighted by atomic mass is 10.2. The molecule has 1 heterocycles. The van der Waals surface area contributed by atoms with Crippen LogP contribution >= 0.6 is 0 Å². The maximum atomic E-state index is 12.3. The molecule has 154 valence electrons. The van der Waals surface area contributed by atoms with Gasteiger partial charge in [0.25, 0.3) is 0 Å². The van der Waals surface area contributed by atoms with Gasteiger partial charge < -0.3 is 18.9 Å². The Morgan fingerprint density at radius 1 is 0.931 bits per heavy atom. The molecule has 7 heteroatoms. The van der Waals surface area contributed by atoms with Crippen molar-refractivity contribution in [1.29, 1.82) is 0 Å². The normalized spacial score (nSPS) is 15.9.